The van der Waals surface area contributed by atoms with E-state index in [1.54, 1.807) is 0 Å². The van der Waals surface area contributed by atoms with Crippen molar-refractivity contribution >= 4 is 12.1 Å². The van der Waals surface area contributed by atoms with Crippen molar-refractivity contribution in [1.82, 2.24) is 0 Å². The average molecular weight is 380 g/mol. The van der Waals surface area contributed by atoms with Crippen molar-refractivity contribution in [3.05, 3.63) is 52.3 Å². The van der Waals surface area contributed by atoms with E-state index in [0.29, 0.717) is 0 Å². The van der Waals surface area contributed by atoms with E-state index in [9.17, 15) is 9.59 Å². The number of rotatable bonds is 2. The summed E-state index contributed by atoms with van der Waals surface area (Å²) in [6.07, 6.45) is 3.44. The molecule has 0 aromatic carbocycles. The Balaban J connectivity index is -0.0000000146. The van der Waals surface area contributed by atoms with Gasteiger partial charge in [0.1, 0.15) is 0 Å². The standard InChI is InChI=1S/C5H4O2.5CO.Mn.Y/c1-5(7)3-2-4-6;5*1-2;;/h2-3H,1H2;;;;;;;/q-2;;;;;;;/b3-2+;;;;;;;. The monoisotopic (exact) mass is 380 g/mol. The van der Waals surface area contributed by atoms with E-state index in [0.717, 1.165) is 12.2 Å². The van der Waals surface area contributed by atoms with E-state index >= 15 is 0 Å². The van der Waals surface area contributed by atoms with Gasteiger partial charge in [0, 0.05) is 55.6 Å². The molecule has 0 saturated heterocycles. The Morgan fingerprint density at radius 2 is 1.11 bits per heavy atom. The van der Waals surface area contributed by atoms with Crippen LogP contribution in [0.15, 0.2) is 12.2 Å². The van der Waals surface area contributed by atoms with Gasteiger partial charge in [0.05, 0.1) is 0 Å². The Morgan fingerprint density at radius 1 is 0.895 bits per heavy atom. The van der Waals surface area contributed by atoms with Gasteiger partial charge in [-0.1, -0.05) is 0 Å². The summed E-state index contributed by atoms with van der Waals surface area (Å²) in [5.41, 5.74) is 0. The van der Waals surface area contributed by atoms with Gasteiger partial charge in [0.15, 0.2) is 0 Å². The third kappa shape index (κ3) is 376. The van der Waals surface area contributed by atoms with Crippen LogP contribution in [0.1, 0.15) is 0 Å². The summed E-state index contributed by atoms with van der Waals surface area (Å²) < 4.78 is 37.5. The maximum Gasteiger partial charge on any atom is 0.0134 e. The molecule has 0 aliphatic heterocycles. The van der Waals surface area contributed by atoms with Gasteiger partial charge in [-0.25, -0.2) is 0 Å². The van der Waals surface area contributed by atoms with Gasteiger partial charge in [0.2, 0.25) is 0 Å². The Bertz CT molecular complexity index is 241. The van der Waals surface area contributed by atoms with Gasteiger partial charge < -0.3 is 9.59 Å². The molecule has 0 aromatic heterocycles. The normalized spacial score (nSPS) is 3.89. The summed E-state index contributed by atoms with van der Waals surface area (Å²) in [5.74, 6) is -0.386. The zero-order valence-electron chi connectivity index (χ0n) is 9.17. The quantitative estimate of drug-likeness (QED) is 0.286. The fraction of sp³-hybridized carbons (Fsp3) is 0. The Hall–Kier alpha value is -0.727. The molecule has 0 fully saturated rings. The molecular formula is C10H4MnO7Y-2. The smallest absolute Gasteiger partial charge is 0.0134 e. The fourth-order valence-electron chi connectivity index (χ4n) is 0.127. The molecule has 19 heavy (non-hydrogen) atoms. The van der Waals surface area contributed by atoms with Crippen molar-refractivity contribution in [2.75, 3.05) is 0 Å². The van der Waals surface area contributed by atoms with Gasteiger partial charge in [-0.2, -0.15) is 19.1 Å². The molecule has 0 bridgehead atoms. The second-order valence-electron chi connectivity index (χ2n) is 0.917. The molecule has 0 N–H and O–H groups in total. The van der Waals surface area contributed by atoms with Crippen molar-refractivity contribution in [3.63, 3.8) is 0 Å². The van der Waals surface area contributed by atoms with Crippen LogP contribution in [0.4, 0.5) is 0 Å². The molecule has 0 aromatic rings. The zero-order valence-corrected chi connectivity index (χ0v) is 13.2. The molecule has 0 aliphatic rings. The van der Waals surface area contributed by atoms with Crippen LogP contribution in [-0.2, 0) is 82.6 Å². The third-order valence-electron chi connectivity index (χ3n) is 0.337. The van der Waals surface area contributed by atoms with E-state index in [1.165, 1.54) is 6.29 Å². The molecule has 0 atom stereocenters. The number of allylic oxidation sites excluding steroid dienone is 2. The summed E-state index contributed by atoms with van der Waals surface area (Å²) in [7, 11) is 0. The number of carbonyl (C=O) groups is 1. The van der Waals surface area contributed by atoms with E-state index < -0.39 is 0 Å². The molecule has 0 aliphatic carbocycles. The second kappa shape index (κ2) is 164. The molecule has 2 radical (unpaired) electrons. The summed E-state index contributed by atoms with van der Waals surface area (Å²) in [4.78, 5) is 19.1. The average Bonchev–Trinajstić information content (AvgIpc) is 2.47. The van der Waals surface area contributed by atoms with Crippen LogP contribution in [0.5, 0.6) is 0 Å². The van der Waals surface area contributed by atoms with Crippen LogP contribution in [0, 0.1) is 40.2 Å². The molecular weight excluding hydrogens is 376 g/mol. The van der Waals surface area contributed by atoms with Crippen LogP contribution >= 0.6 is 0 Å². The first kappa shape index (κ1) is 51.7. The van der Waals surface area contributed by atoms with E-state index in [-0.39, 0.29) is 55.6 Å². The van der Waals surface area contributed by atoms with Gasteiger partial charge in [-0.15, -0.1) is 0 Å². The van der Waals surface area contributed by atoms with Crippen molar-refractivity contribution in [3.8, 4) is 0 Å². The first-order chi connectivity index (χ1) is 8.27. The minimum absolute atomic E-state index is 0. The van der Waals surface area contributed by atoms with Gasteiger partial charge in [-0.05, 0) is 6.29 Å². The van der Waals surface area contributed by atoms with Crippen molar-refractivity contribution < 1.29 is 82.6 Å². The summed E-state index contributed by atoms with van der Waals surface area (Å²) in [6.45, 7) is 25.5. The molecule has 0 spiro atoms. The molecule has 98 valence electrons. The molecule has 0 amide bonds. The minimum atomic E-state index is -0.386. The van der Waals surface area contributed by atoms with E-state index in [2.05, 4.69) is 40.2 Å². The van der Waals surface area contributed by atoms with Crippen LogP contribution in [0.3, 0.4) is 0 Å². The molecule has 0 heterocycles. The van der Waals surface area contributed by atoms with Crippen LogP contribution in [0.25, 0.3) is 0 Å². The number of carbonyl (C=O) groups excluding carboxylic acids is 2. The Morgan fingerprint density at radius 3 is 1.16 bits per heavy atom. The van der Waals surface area contributed by atoms with Gasteiger partial charge in [0.25, 0.3) is 0 Å². The van der Waals surface area contributed by atoms with Gasteiger partial charge >= 0.3 is 56.5 Å². The first-order valence-electron chi connectivity index (χ1n) is 2.69. The summed E-state index contributed by atoms with van der Waals surface area (Å²) in [5, 5.41) is 0. The van der Waals surface area contributed by atoms with Crippen LogP contribution < -0.4 is 0 Å². The summed E-state index contributed by atoms with van der Waals surface area (Å²) in [6, 6.07) is 0. The Kier molecular flexibility index (Phi) is 447. The molecule has 0 rings (SSSR count). The third-order valence-corrected chi connectivity index (χ3v) is 0.337. The van der Waals surface area contributed by atoms with Crippen molar-refractivity contribution in [2.24, 2.45) is 0 Å². The van der Waals surface area contributed by atoms with E-state index in [1.807, 2.05) is 0 Å². The maximum absolute atomic E-state index is 9.83. The molecule has 0 unspecified atom stereocenters. The van der Waals surface area contributed by atoms with Crippen molar-refractivity contribution in [2.45, 2.75) is 0 Å². The number of hydrogen-bond acceptors (Lipinski definition) is 2. The van der Waals surface area contributed by atoms with Crippen LogP contribution in [-0.4, -0.2) is 12.1 Å². The number of ketones is 1. The summed E-state index contributed by atoms with van der Waals surface area (Å²) >= 11 is 0. The molecule has 0 saturated carbocycles. The predicted octanol–water partition coefficient (Wildman–Crippen LogP) is -0.137. The molecule has 9 heteroatoms. The topological polar surface area (TPSA) is 134 Å². The predicted molar refractivity (Wildman–Crippen MR) is 44.8 cm³/mol. The SMILES string of the molecule is [C-]#[O+].[C-]#[O+].[C-]#[O+].[C-]#[O+].[C-]#[O+].[CH2-]C(=O)/C=C/[C-]=O.[Mn].[Y]. The van der Waals surface area contributed by atoms with E-state index in [4.69, 9.17) is 23.3 Å². The number of hydrogen-bond donors (Lipinski definition) is 0. The molecule has 7 nitrogen and oxygen atoms in total. The second-order valence-corrected chi connectivity index (χ2v) is 0.917. The van der Waals surface area contributed by atoms with Crippen LogP contribution in [0.2, 0.25) is 0 Å². The zero-order chi connectivity index (χ0) is 15.7. The Labute approximate surface area is 146 Å². The fourth-order valence-corrected chi connectivity index (χ4v) is 0.127. The largest absolute Gasteiger partial charge is 0.419 e. The first-order valence-corrected chi connectivity index (χ1v) is 2.69. The maximum atomic E-state index is 9.83. The minimum Gasteiger partial charge on any atom is -0.419 e. The van der Waals surface area contributed by atoms with Crippen molar-refractivity contribution in [1.29, 1.82) is 0 Å². The van der Waals surface area contributed by atoms with Gasteiger partial charge in [-0.3, -0.25) is 0 Å².